The normalized spacial score (nSPS) is 13.6. The average Bonchev–Trinajstić information content (AvgIpc) is 3.12. The van der Waals surface area contributed by atoms with Crippen LogP contribution in [0.3, 0.4) is 0 Å². The molecule has 1 amide bonds. The number of nitrogens with one attached hydrogen (secondary N) is 1. The second kappa shape index (κ2) is 6.82. The van der Waals surface area contributed by atoms with Crippen LogP contribution in [0.2, 0.25) is 0 Å². The third-order valence-electron chi connectivity index (χ3n) is 3.23. The van der Waals surface area contributed by atoms with E-state index in [1.807, 2.05) is 24.4 Å². The summed E-state index contributed by atoms with van der Waals surface area (Å²) in [5, 5.41) is 16.1. The van der Waals surface area contributed by atoms with Gasteiger partial charge in [0.2, 0.25) is 0 Å². The van der Waals surface area contributed by atoms with Crippen molar-refractivity contribution < 1.29 is 14.7 Å². The van der Waals surface area contributed by atoms with Gasteiger partial charge in [0.05, 0.1) is 4.88 Å². The van der Waals surface area contributed by atoms with E-state index in [4.69, 9.17) is 0 Å². The van der Waals surface area contributed by atoms with Gasteiger partial charge in [0, 0.05) is 5.38 Å². The van der Waals surface area contributed by atoms with E-state index in [1.165, 1.54) is 11.3 Å². The summed E-state index contributed by atoms with van der Waals surface area (Å²) >= 11 is 2.93. The number of aromatic nitrogens is 1. The van der Waals surface area contributed by atoms with Crippen LogP contribution < -0.4 is 5.32 Å². The van der Waals surface area contributed by atoms with Gasteiger partial charge in [-0.1, -0.05) is 26.3 Å². The number of carboxylic acids is 1. The highest BCUT2D eigenvalue weighted by molar-refractivity contribution is 7.20. The molecule has 2 rings (SSSR count). The lowest BCUT2D eigenvalue weighted by atomic mass is 9.99. The van der Waals surface area contributed by atoms with Crippen molar-refractivity contribution >= 4 is 34.6 Å². The van der Waals surface area contributed by atoms with Crippen molar-refractivity contribution in [3.05, 3.63) is 28.6 Å². The van der Waals surface area contributed by atoms with Gasteiger partial charge in [-0.15, -0.1) is 22.7 Å². The summed E-state index contributed by atoms with van der Waals surface area (Å²) in [6.07, 6.45) is 0.675. The Morgan fingerprint density at radius 2 is 2.19 bits per heavy atom. The van der Waals surface area contributed by atoms with Gasteiger partial charge >= 0.3 is 5.97 Å². The highest BCUT2D eigenvalue weighted by atomic mass is 32.1. The first-order valence-corrected chi connectivity index (χ1v) is 8.32. The van der Waals surface area contributed by atoms with E-state index in [2.05, 4.69) is 10.3 Å². The van der Waals surface area contributed by atoms with Crippen LogP contribution in [0.4, 0.5) is 0 Å². The van der Waals surface area contributed by atoms with E-state index >= 15 is 0 Å². The molecule has 0 fully saturated rings. The van der Waals surface area contributed by atoms with Gasteiger partial charge in [0.25, 0.3) is 5.91 Å². The quantitative estimate of drug-likeness (QED) is 0.856. The van der Waals surface area contributed by atoms with Crippen LogP contribution in [-0.4, -0.2) is 28.0 Å². The topological polar surface area (TPSA) is 79.3 Å². The van der Waals surface area contributed by atoms with Crippen molar-refractivity contribution in [2.45, 2.75) is 26.3 Å². The molecule has 0 aliphatic heterocycles. The summed E-state index contributed by atoms with van der Waals surface area (Å²) in [6, 6.07) is 2.96. The molecule has 0 spiro atoms. The molecule has 21 heavy (non-hydrogen) atoms. The molecule has 2 aromatic heterocycles. The summed E-state index contributed by atoms with van der Waals surface area (Å²) in [5.74, 6) is -1.60. The number of carbonyl (C=O) groups is 2. The zero-order valence-corrected chi connectivity index (χ0v) is 13.3. The van der Waals surface area contributed by atoms with Crippen molar-refractivity contribution in [1.82, 2.24) is 10.3 Å². The van der Waals surface area contributed by atoms with Crippen molar-refractivity contribution in [2.75, 3.05) is 0 Å². The lowest BCUT2D eigenvalue weighted by molar-refractivity contribution is -0.140. The lowest BCUT2D eigenvalue weighted by Gasteiger charge is -2.19. The molecular weight excluding hydrogens is 308 g/mol. The Kier molecular flexibility index (Phi) is 5.08. The zero-order valence-electron chi connectivity index (χ0n) is 11.7. The summed E-state index contributed by atoms with van der Waals surface area (Å²) < 4.78 is 0. The van der Waals surface area contributed by atoms with Gasteiger partial charge < -0.3 is 10.4 Å². The molecule has 0 saturated carbocycles. The summed E-state index contributed by atoms with van der Waals surface area (Å²) in [4.78, 5) is 28.6. The Morgan fingerprint density at radius 1 is 1.43 bits per heavy atom. The maximum Gasteiger partial charge on any atom is 0.326 e. The molecule has 112 valence electrons. The SMILES string of the molecule is CCC(C)C(NC(=O)c1csc(-c2cccs2)n1)C(=O)O. The predicted molar refractivity (Wildman–Crippen MR) is 83.8 cm³/mol. The van der Waals surface area contributed by atoms with E-state index in [0.717, 1.165) is 9.88 Å². The molecule has 0 aliphatic rings. The van der Waals surface area contributed by atoms with E-state index in [9.17, 15) is 14.7 Å². The van der Waals surface area contributed by atoms with Crippen LogP contribution in [-0.2, 0) is 4.79 Å². The lowest BCUT2D eigenvalue weighted by Crippen LogP contribution is -2.45. The number of hydrogen-bond donors (Lipinski definition) is 2. The Balaban J connectivity index is 2.11. The average molecular weight is 324 g/mol. The number of thiophene rings is 1. The minimum Gasteiger partial charge on any atom is -0.480 e. The van der Waals surface area contributed by atoms with Gasteiger partial charge in [0.15, 0.2) is 0 Å². The fourth-order valence-corrected chi connectivity index (χ4v) is 3.40. The van der Waals surface area contributed by atoms with E-state index < -0.39 is 17.9 Å². The molecule has 0 aliphatic carbocycles. The standard InChI is InChI=1S/C14H16N2O3S2/c1-3-8(2)11(14(18)19)16-12(17)9-7-21-13(15-9)10-5-4-6-20-10/h4-8,11H,3H2,1-2H3,(H,16,17)(H,18,19). The van der Waals surface area contributed by atoms with Crippen LogP contribution in [0.1, 0.15) is 30.8 Å². The first-order valence-electron chi connectivity index (χ1n) is 6.56. The third-order valence-corrected chi connectivity index (χ3v) is 5.12. The number of carboxylic acid groups (broad SMARTS) is 1. The molecule has 5 nitrogen and oxygen atoms in total. The van der Waals surface area contributed by atoms with Gasteiger partial charge in [-0.05, 0) is 17.4 Å². The molecule has 2 aromatic rings. The molecule has 0 saturated heterocycles. The van der Waals surface area contributed by atoms with E-state index in [0.29, 0.717) is 6.42 Å². The number of nitrogens with zero attached hydrogens (tertiary/aromatic N) is 1. The Hall–Kier alpha value is -1.73. The molecule has 2 heterocycles. The first-order chi connectivity index (χ1) is 10.0. The van der Waals surface area contributed by atoms with E-state index in [1.54, 1.807) is 23.6 Å². The molecular formula is C14H16N2O3S2. The van der Waals surface area contributed by atoms with E-state index in [-0.39, 0.29) is 11.6 Å². The minimum atomic E-state index is -1.02. The number of hydrogen-bond acceptors (Lipinski definition) is 5. The number of rotatable bonds is 6. The van der Waals surface area contributed by atoms with Crippen LogP contribution >= 0.6 is 22.7 Å². The Labute approximate surface area is 130 Å². The van der Waals surface area contributed by atoms with Gasteiger partial charge in [-0.2, -0.15) is 0 Å². The predicted octanol–water partition coefficient (Wildman–Crippen LogP) is 3.10. The zero-order chi connectivity index (χ0) is 15.4. The second-order valence-electron chi connectivity index (χ2n) is 4.69. The molecule has 7 heteroatoms. The molecule has 0 aromatic carbocycles. The van der Waals surface area contributed by atoms with Crippen molar-refractivity contribution in [3.63, 3.8) is 0 Å². The first kappa shape index (κ1) is 15.7. The smallest absolute Gasteiger partial charge is 0.326 e. The monoisotopic (exact) mass is 324 g/mol. The number of aliphatic carboxylic acids is 1. The fraction of sp³-hybridized carbons (Fsp3) is 0.357. The molecule has 0 radical (unpaired) electrons. The maximum atomic E-state index is 12.1. The summed E-state index contributed by atoms with van der Waals surface area (Å²) in [6.45, 7) is 3.70. The molecule has 2 N–H and O–H groups in total. The number of thiazole rings is 1. The summed E-state index contributed by atoms with van der Waals surface area (Å²) in [5.41, 5.74) is 0.262. The molecule has 2 atom stereocenters. The highest BCUT2D eigenvalue weighted by Crippen LogP contribution is 2.27. The Morgan fingerprint density at radius 3 is 2.76 bits per heavy atom. The van der Waals surface area contributed by atoms with Crippen molar-refractivity contribution in [2.24, 2.45) is 5.92 Å². The van der Waals surface area contributed by atoms with Crippen molar-refractivity contribution in [3.8, 4) is 9.88 Å². The van der Waals surface area contributed by atoms with Crippen molar-refractivity contribution in [1.29, 1.82) is 0 Å². The number of carbonyl (C=O) groups excluding carboxylic acids is 1. The summed E-state index contributed by atoms with van der Waals surface area (Å²) in [7, 11) is 0. The third kappa shape index (κ3) is 3.68. The van der Waals surface area contributed by atoms with Crippen LogP contribution in [0, 0.1) is 5.92 Å². The fourth-order valence-electron chi connectivity index (χ4n) is 1.79. The largest absolute Gasteiger partial charge is 0.480 e. The molecule has 0 bridgehead atoms. The maximum absolute atomic E-state index is 12.1. The second-order valence-corrected chi connectivity index (χ2v) is 6.50. The van der Waals surface area contributed by atoms with Crippen LogP contribution in [0.25, 0.3) is 9.88 Å². The minimum absolute atomic E-state index is 0.137. The number of amides is 1. The van der Waals surface area contributed by atoms with Crippen LogP contribution in [0.5, 0.6) is 0 Å². The Bertz CT molecular complexity index is 622. The van der Waals surface area contributed by atoms with Gasteiger partial charge in [0.1, 0.15) is 16.7 Å². The van der Waals surface area contributed by atoms with Crippen LogP contribution in [0.15, 0.2) is 22.9 Å². The van der Waals surface area contributed by atoms with Gasteiger partial charge in [-0.25, -0.2) is 9.78 Å². The highest BCUT2D eigenvalue weighted by Gasteiger charge is 2.26. The molecule has 2 unspecified atom stereocenters. The van der Waals surface area contributed by atoms with Gasteiger partial charge in [-0.3, -0.25) is 4.79 Å².